The molecule has 0 aromatic rings. The number of hydrogen-bond donors (Lipinski definition) is 1. The van der Waals surface area contributed by atoms with Crippen molar-refractivity contribution in [1.29, 1.82) is 0 Å². The van der Waals surface area contributed by atoms with Crippen LogP contribution in [0.3, 0.4) is 0 Å². The Morgan fingerprint density at radius 2 is 1.50 bits per heavy atom. The third-order valence-corrected chi connectivity index (χ3v) is 2.12. The second kappa shape index (κ2) is 9.11. The van der Waals surface area contributed by atoms with Crippen molar-refractivity contribution in [1.82, 2.24) is 6.15 Å². The molecular formula is H11NO2Si3. The molecule has 0 saturated carbocycles. The van der Waals surface area contributed by atoms with Gasteiger partial charge in [-0.15, -0.1) is 0 Å². The summed E-state index contributed by atoms with van der Waals surface area (Å²) in [6.07, 6.45) is 0. The average Bonchev–Trinajstić information content (AvgIpc) is 1.41. The Kier molecular flexibility index (Phi) is 14.8. The molecule has 0 rings (SSSR count). The van der Waals surface area contributed by atoms with E-state index in [2.05, 4.69) is 0 Å². The molecule has 0 radical (unpaired) electrons. The molecule has 0 heterocycles. The van der Waals surface area contributed by atoms with E-state index >= 15 is 0 Å². The lowest BCUT2D eigenvalue weighted by molar-refractivity contribution is 0.513. The van der Waals surface area contributed by atoms with Crippen LogP contribution in [0.5, 0.6) is 0 Å². The molecule has 0 aliphatic carbocycles. The molecular weight excluding hydrogens is 130 g/mol. The van der Waals surface area contributed by atoms with Gasteiger partial charge >= 0.3 is 0 Å². The maximum Gasteiger partial charge on any atom is 0.282 e. The zero-order valence-corrected chi connectivity index (χ0v) is 9.64. The van der Waals surface area contributed by atoms with Crippen LogP contribution in [-0.4, -0.2) is 31.0 Å². The first-order valence-corrected chi connectivity index (χ1v) is 4.18. The van der Waals surface area contributed by atoms with E-state index in [1.807, 2.05) is 0 Å². The monoisotopic (exact) mass is 141 g/mol. The van der Waals surface area contributed by atoms with Crippen LogP contribution in [0, 0.1) is 0 Å². The minimum absolute atomic E-state index is 0. The third-order valence-electron chi connectivity index (χ3n) is 0.236. The summed E-state index contributed by atoms with van der Waals surface area (Å²) in [5.74, 6) is 0. The molecule has 0 aliphatic rings. The highest BCUT2D eigenvalue weighted by Gasteiger charge is 1.66. The van der Waals surface area contributed by atoms with E-state index in [-0.39, 0.29) is 6.15 Å². The van der Waals surface area contributed by atoms with Crippen molar-refractivity contribution in [3.05, 3.63) is 0 Å². The zero-order chi connectivity index (χ0) is 4.12. The van der Waals surface area contributed by atoms with Crippen LogP contribution in [0.2, 0.25) is 0 Å². The minimum atomic E-state index is -0.444. The lowest BCUT2D eigenvalue weighted by Crippen LogP contribution is -1.96. The predicted molar refractivity (Wildman–Crippen MR) is 35.6 cm³/mol. The standard InChI is InChI=1S/H3N.H8O2Si3/c;3-1-5-2-4/h1H3;5H2,3-4H3. The van der Waals surface area contributed by atoms with Crippen molar-refractivity contribution < 1.29 is 8.23 Å². The van der Waals surface area contributed by atoms with Crippen LogP contribution in [0.25, 0.3) is 0 Å². The molecule has 0 amide bonds. The van der Waals surface area contributed by atoms with Gasteiger partial charge in [-0.3, -0.25) is 0 Å². The summed E-state index contributed by atoms with van der Waals surface area (Å²) >= 11 is 0. The molecule has 6 heavy (non-hydrogen) atoms. The van der Waals surface area contributed by atoms with E-state index in [0.717, 1.165) is 21.0 Å². The average molecular weight is 141 g/mol. The van der Waals surface area contributed by atoms with E-state index in [1.54, 1.807) is 0 Å². The van der Waals surface area contributed by atoms with Gasteiger partial charge in [-0.2, -0.15) is 0 Å². The van der Waals surface area contributed by atoms with Crippen LogP contribution in [0.1, 0.15) is 0 Å². The Hall–Kier alpha value is 0.531. The van der Waals surface area contributed by atoms with Crippen LogP contribution in [-0.2, 0) is 8.23 Å². The molecule has 0 fully saturated rings. The fraction of sp³-hybridized carbons (Fsp3) is 0. The van der Waals surface area contributed by atoms with E-state index in [0.29, 0.717) is 0 Å². The maximum absolute atomic E-state index is 4.78. The summed E-state index contributed by atoms with van der Waals surface area (Å²) in [6, 6.07) is 0. The molecule has 6 heteroatoms. The fourth-order valence-electron chi connectivity index (χ4n) is 0.118. The molecule has 0 aromatic heterocycles. The maximum atomic E-state index is 4.78. The van der Waals surface area contributed by atoms with Crippen LogP contribution >= 0.6 is 0 Å². The lowest BCUT2D eigenvalue weighted by Gasteiger charge is -1.87. The SMILES string of the molecule is N.[SiH3]O[SiH2]O[SiH3]. The molecule has 3 nitrogen and oxygen atoms in total. The van der Waals surface area contributed by atoms with Crippen molar-refractivity contribution in [3.8, 4) is 0 Å². The molecule has 0 aromatic carbocycles. The van der Waals surface area contributed by atoms with Crippen LogP contribution < -0.4 is 6.15 Å². The third kappa shape index (κ3) is 8.82. The molecule has 3 N–H and O–H groups in total. The van der Waals surface area contributed by atoms with Crippen molar-refractivity contribution in [2.45, 2.75) is 0 Å². The molecule has 0 atom stereocenters. The summed E-state index contributed by atoms with van der Waals surface area (Å²) < 4.78 is 9.56. The van der Waals surface area contributed by atoms with Crippen molar-refractivity contribution >= 4 is 31.0 Å². The Morgan fingerprint density at radius 1 is 1.17 bits per heavy atom. The lowest BCUT2D eigenvalue weighted by atomic mass is 14.0. The first-order chi connectivity index (χ1) is 2.41. The van der Waals surface area contributed by atoms with E-state index in [9.17, 15) is 0 Å². The van der Waals surface area contributed by atoms with Crippen LogP contribution in [0.15, 0.2) is 0 Å². The highest BCUT2D eigenvalue weighted by atomic mass is 28.3. The minimum Gasteiger partial charge on any atom is -0.449 e. The van der Waals surface area contributed by atoms with Crippen molar-refractivity contribution in [2.75, 3.05) is 0 Å². The Morgan fingerprint density at radius 3 is 1.50 bits per heavy atom. The molecule has 0 aliphatic heterocycles. The van der Waals surface area contributed by atoms with Gasteiger partial charge in [-0.1, -0.05) is 0 Å². The van der Waals surface area contributed by atoms with Crippen molar-refractivity contribution in [3.63, 3.8) is 0 Å². The highest BCUT2D eigenvalue weighted by molar-refractivity contribution is 6.33. The molecule has 0 spiro atoms. The summed E-state index contributed by atoms with van der Waals surface area (Å²) in [5, 5.41) is 0. The van der Waals surface area contributed by atoms with Gasteiger partial charge < -0.3 is 14.4 Å². The van der Waals surface area contributed by atoms with Gasteiger partial charge in [-0.05, 0) is 0 Å². The molecule has 0 saturated heterocycles. The van der Waals surface area contributed by atoms with Gasteiger partial charge in [0.25, 0.3) is 10.0 Å². The first kappa shape index (κ1) is 9.73. The van der Waals surface area contributed by atoms with Gasteiger partial charge in [0.1, 0.15) is 21.0 Å². The zero-order valence-electron chi connectivity index (χ0n) is 4.23. The summed E-state index contributed by atoms with van der Waals surface area (Å²) in [4.78, 5) is 0. The highest BCUT2D eigenvalue weighted by Crippen LogP contribution is 1.52. The second-order valence-electron chi connectivity index (χ2n) is 0.695. The van der Waals surface area contributed by atoms with E-state index in [1.165, 1.54) is 0 Å². The first-order valence-electron chi connectivity index (χ1n) is 1.39. The smallest absolute Gasteiger partial charge is 0.282 e. The number of hydrogen-bond acceptors (Lipinski definition) is 3. The Balaban J connectivity index is 0. The molecule has 40 valence electrons. The molecule has 0 unspecified atom stereocenters. The van der Waals surface area contributed by atoms with E-state index in [4.69, 9.17) is 8.23 Å². The second-order valence-corrected chi connectivity index (χ2v) is 5.55. The normalized spacial score (nSPS) is 10.0. The summed E-state index contributed by atoms with van der Waals surface area (Å²) in [5.41, 5.74) is 0. The van der Waals surface area contributed by atoms with Gasteiger partial charge in [-0.25, -0.2) is 0 Å². The topological polar surface area (TPSA) is 53.5 Å². The quantitative estimate of drug-likeness (QED) is 0.411. The van der Waals surface area contributed by atoms with Gasteiger partial charge in [0.2, 0.25) is 0 Å². The number of rotatable bonds is 2. The largest absolute Gasteiger partial charge is 0.449 e. The molecule has 0 bridgehead atoms. The van der Waals surface area contributed by atoms with Gasteiger partial charge in [0.15, 0.2) is 0 Å². The fourth-order valence-corrected chi connectivity index (χ4v) is 3.18. The Bertz CT molecular complexity index is 16.3. The van der Waals surface area contributed by atoms with Gasteiger partial charge in [0, 0.05) is 0 Å². The Labute approximate surface area is 46.1 Å². The summed E-state index contributed by atoms with van der Waals surface area (Å²) in [6.45, 7) is 0. The van der Waals surface area contributed by atoms with Crippen LogP contribution in [0.4, 0.5) is 0 Å². The van der Waals surface area contributed by atoms with Gasteiger partial charge in [0.05, 0.1) is 0 Å². The van der Waals surface area contributed by atoms with Crippen molar-refractivity contribution in [2.24, 2.45) is 0 Å². The summed E-state index contributed by atoms with van der Waals surface area (Å²) in [7, 11) is 1.27. The predicted octanol–water partition coefficient (Wildman–Crippen LogP) is -3.26. The van der Waals surface area contributed by atoms with E-state index < -0.39 is 10.0 Å².